The van der Waals surface area contributed by atoms with Gasteiger partial charge in [-0.2, -0.15) is 0 Å². The van der Waals surface area contributed by atoms with Crippen molar-refractivity contribution in [2.45, 2.75) is 19.9 Å². The van der Waals surface area contributed by atoms with Gasteiger partial charge in [0.1, 0.15) is 11.6 Å². The van der Waals surface area contributed by atoms with Gasteiger partial charge in [-0.3, -0.25) is 19.3 Å². The molecular formula is C19H19FN2O7. The number of fused-ring (bicyclic) bond motifs is 1. The summed E-state index contributed by atoms with van der Waals surface area (Å²) < 4.78 is 19.0. The number of rotatable bonds is 5. The Balaban J connectivity index is 0.000000755. The number of aryl methyl sites for hydroxylation is 1. The lowest BCUT2D eigenvalue weighted by Gasteiger charge is -2.18. The number of halogens is 1. The van der Waals surface area contributed by atoms with Crippen molar-refractivity contribution in [2.75, 3.05) is 13.1 Å². The van der Waals surface area contributed by atoms with Gasteiger partial charge in [-0.05, 0) is 31.5 Å². The van der Waals surface area contributed by atoms with E-state index < -0.39 is 28.6 Å². The third-order valence-corrected chi connectivity index (χ3v) is 5.54. The summed E-state index contributed by atoms with van der Waals surface area (Å²) in [5.41, 5.74) is -1.34. The first-order chi connectivity index (χ1) is 13.7. The molecule has 1 saturated heterocycles. The minimum Gasteiger partial charge on any atom is -0.483 e. The summed E-state index contributed by atoms with van der Waals surface area (Å²) in [4.78, 5) is 37.7. The molecule has 1 aromatic carbocycles. The summed E-state index contributed by atoms with van der Waals surface area (Å²) in [6.45, 7) is 2.09. The topological polar surface area (TPSA) is 141 Å². The zero-order valence-electron chi connectivity index (χ0n) is 15.5. The Bertz CT molecular complexity index is 947. The quantitative estimate of drug-likeness (QED) is 0.634. The molecule has 0 spiro atoms. The van der Waals surface area contributed by atoms with Gasteiger partial charge in [-0.1, -0.05) is 6.07 Å². The molecule has 2 fully saturated rings. The first kappa shape index (κ1) is 20.5. The van der Waals surface area contributed by atoms with E-state index in [-0.39, 0.29) is 38.4 Å². The second-order valence-corrected chi connectivity index (χ2v) is 7.23. The fraction of sp³-hybridized carbons (Fsp3) is 0.368. The normalized spacial score (nSPS) is 24.9. The molecule has 2 aliphatic rings. The van der Waals surface area contributed by atoms with Crippen LogP contribution in [0.15, 0.2) is 28.7 Å². The minimum atomic E-state index is -1.22. The van der Waals surface area contributed by atoms with Crippen molar-refractivity contribution in [3.63, 3.8) is 0 Å². The lowest BCUT2D eigenvalue weighted by atomic mass is 9.97. The van der Waals surface area contributed by atoms with Crippen LogP contribution in [0.25, 0.3) is 11.5 Å². The van der Waals surface area contributed by atoms with Gasteiger partial charge >= 0.3 is 11.9 Å². The second kappa shape index (κ2) is 7.28. The average Bonchev–Trinajstić information content (AvgIpc) is 2.98. The highest BCUT2D eigenvalue weighted by Crippen LogP contribution is 2.68. The van der Waals surface area contributed by atoms with Gasteiger partial charge in [0.15, 0.2) is 0 Å². The minimum absolute atomic E-state index is 0.160. The number of oxazole rings is 1. The van der Waals surface area contributed by atoms with Crippen molar-refractivity contribution < 1.29 is 38.5 Å². The van der Waals surface area contributed by atoms with Crippen molar-refractivity contribution in [3.8, 4) is 11.5 Å². The number of carbonyl (C=O) groups is 3. The molecule has 2 heterocycles. The Hall–Kier alpha value is -3.27. The smallest absolute Gasteiger partial charge is 0.312 e. The van der Waals surface area contributed by atoms with Crippen LogP contribution in [-0.2, 0) is 20.9 Å². The molecule has 1 aromatic heterocycles. The van der Waals surface area contributed by atoms with Gasteiger partial charge in [-0.15, -0.1) is 0 Å². The van der Waals surface area contributed by atoms with Gasteiger partial charge < -0.3 is 19.7 Å². The summed E-state index contributed by atoms with van der Waals surface area (Å²) in [6.07, 6.45) is 0.160. The SMILES string of the molecule is Cc1oc(-c2cccc(F)c2)nc1CN1C[C@@]2(C(=O)O)C[C@@]2(C(=O)O)C1.O=CO. The number of carboxylic acids is 2. The number of hydrogen-bond acceptors (Lipinski definition) is 6. The number of aromatic nitrogens is 1. The number of aliphatic carboxylic acids is 2. The summed E-state index contributed by atoms with van der Waals surface area (Å²) >= 11 is 0. The predicted molar refractivity (Wildman–Crippen MR) is 95.4 cm³/mol. The first-order valence-electron chi connectivity index (χ1n) is 8.68. The van der Waals surface area contributed by atoms with Crippen molar-refractivity contribution in [1.82, 2.24) is 9.88 Å². The Morgan fingerprint density at radius 3 is 2.38 bits per heavy atom. The summed E-state index contributed by atoms with van der Waals surface area (Å²) in [5, 5.41) is 25.9. The molecule has 1 aliphatic carbocycles. The van der Waals surface area contributed by atoms with Gasteiger partial charge in [-0.25, -0.2) is 9.37 Å². The maximum atomic E-state index is 13.4. The van der Waals surface area contributed by atoms with Crippen molar-refractivity contribution in [1.29, 1.82) is 0 Å². The molecule has 9 nitrogen and oxygen atoms in total. The highest BCUT2D eigenvalue weighted by molar-refractivity contribution is 5.94. The van der Waals surface area contributed by atoms with Crippen molar-refractivity contribution in [3.05, 3.63) is 41.5 Å². The maximum Gasteiger partial charge on any atom is 0.312 e. The molecule has 3 N–H and O–H groups in total. The second-order valence-electron chi connectivity index (χ2n) is 7.23. The fourth-order valence-corrected chi connectivity index (χ4v) is 4.04. The van der Waals surface area contributed by atoms with E-state index in [4.69, 9.17) is 14.3 Å². The maximum absolute atomic E-state index is 13.4. The average molecular weight is 406 g/mol. The molecular weight excluding hydrogens is 387 g/mol. The summed E-state index contributed by atoms with van der Waals surface area (Å²) in [5.74, 6) is -1.72. The largest absolute Gasteiger partial charge is 0.483 e. The highest BCUT2D eigenvalue weighted by atomic mass is 19.1. The van der Waals surface area contributed by atoms with Gasteiger partial charge in [0.25, 0.3) is 6.47 Å². The van der Waals surface area contributed by atoms with Crippen LogP contribution in [0, 0.1) is 23.6 Å². The molecule has 10 heteroatoms. The number of hydrogen-bond donors (Lipinski definition) is 3. The zero-order chi connectivity index (χ0) is 21.4. The van der Waals surface area contributed by atoms with Crippen LogP contribution in [0.4, 0.5) is 4.39 Å². The van der Waals surface area contributed by atoms with E-state index in [2.05, 4.69) is 4.98 Å². The number of piperidine rings is 1. The van der Waals surface area contributed by atoms with Crippen LogP contribution < -0.4 is 0 Å². The molecule has 0 bridgehead atoms. The van der Waals surface area contributed by atoms with Crippen molar-refractivity contribution in [2.24, 2.45) is 10.8 Å². The van der Waals surface area contributed by atoms with Crippen LogP contribution in [0.1, 0.15) is 17.9 Å². The van der Waals surface area contributed by atoms with Crippen LogP contribution >= 0.6 is 0 Å². The molecule has 2 aromatic rings. The molecule has 154 valence electrons. The van der Waals surface area contributed by atoms with Gasteiger partial charge in [0.05, 0.1) is 16.5 Å². The molecule has 1 saturated carbocycles. The van der Waals surface area contributed by atoms with E-state index in [1.807, 2.05) is 0 Å². The molecule has 29 heavy (non-hydrogen) atoms. The molecule has 4 rings (SSSR count). The fourth-order valence-electron chi connectivity index (χ4n) is 4.04. The predicted octanol–water partition coefficient (Wildman–Crippen LogP) is 1.85. The first-order valence-corrected chi connectivity index (χ1v) is 8.68. The van der Waals surface area contributed by atoms with Gasteiger partial charge in [0.2, 0.25) is 5.89 Å². The van der Waals surface area contributed by atoms with Crippen LogP contribution in [0.2, 0.25) is 0 Å². The van der Waals surface area contributed by atoms with E-state index in [9.17, 15) is 24.2 Å². The van der Waals surface area contributed by atoms with Crippen LogP contribution in [-0.4, -0.2) is 56.7 Å². The van der Waals surface area contributed by atoms with Crippen molar-refractivity contribution >= 4 is 18.4 Å². The monoisotopic (exact) mass is 406 g/mol. The highest BCUT2D eigenvalue weighted by Gasteiger charge is 2.80. The zero-order valence-corrected chi connectivity index (χ0v) is 15.5. The Morgan fingerprint density at radius 1 is 1.28 bits per heavy atom. The van der Waals surface area contributed by atoms with E-state index in [1.54, 1.807) is 24.0 Å². The molecule has 0 radical (unpaired) electrons. The third kappa shape index (κ3) is 3.35. The van der Waals surface area contributed by atoms with Crippen LogP contribution in [0.5, 0.6) is 0 Å². The van der Waals surface area contributed by atoms with E-state index in [1.165, 1.54) is 12.1 Å². The van der Waals surface area contributed by atoms with Gasteiger partial charge in [0, 0.05) is 25.2 Å². The number of carboxylic acid groups (broad SMARTS) is 3. The molecule has 1 aliphatic heterocycles. The number of benzene rings is 1. The summed E-state index contributed by atoms with van der Waals surface area (Å²) in [6, 6.07) is 5.89. The Kier molecular flexibility index (Phi) is 5.14. The third-order valence-electron chi connectivity index (χ3n) is 5.54. The number of nitrogens with zero attached hydrogens (tertiary/aromatic N) is 2. The number of likely N-dealkylation sites (tertiary alicyclic amines) is 1. The van der Waals surface area contributed by atoms with Crippen LogP contribution in [0.3, 0.4) is 0 Å². The lowest BCUT2D eigenvalue weighted by molar-refractivity contribution is -0.151. The van der Waals surface area contributed by atoms with E-state index in [0.717, 1.165) is 0 Å². The molecule has 0 amide bonds. The molecule has 0 unspecified atom stereocenters. The standard InChI is InChI=1S/C18H17FN2O5.CH2O2/c1-10-13(20-14(26-10)11-3-2-4-12(19)5-11)6-21-8-17(15(22)23)7-18(17,9-21)16(24)25;2-1-3/h2-5H,6-9H2,1H3,(H,22,23)(H,24,25);1H,(H,2,3)/t17-,18+;. The van der Waals surface area contributed by atoms with E-state index in [0.29, 0.717) is 17.0 Å². The Labute approximate surface area is 164 Å². The Morgan fingerprint density at radius 2 is 1.86 bits per heavy atom. The summed E-state index contributed by atoms with van der Waals surface area (Å²) in [7, 11) is 0. The lowest BCUT2D eigenvalue weighted by Crippen LogP contribution is -2.28. The molecule has 2 atom stereocenters. The van der Waals surface area contributed by atoms with E-state index >= 15 is 0 Å².